The second-order valence-electron chi connectivity index (χ2n) is 4.95. The number of terminal acetylenes is 1. The quantitative estimate of drug-likeness (QED) is 0.768. The summed E-state index contributed by atoms with van der Waals surface area (Å²) in [6.07, 6.45) is 5.34. The zero-order chi connectivity index (χ0) is 16.5. The van der Waals surface area contributed by atoms with Crippen molar-refractivity contribution in [2.45, 2.75) is 13.0 Å². The second-order valence-corrected chi connectivity index (χ2v) is 4.95. The fraction of sp³-hybridized carbons (Fsp3) is 0.211. The molecule has 0 radical (unpaired) electrons. The predicted molar refractivity (Wildman–Crippen MR) is 91.0 cm³/mol. The van der Waals surface area contributed by atoms with E-state index in [0.29, 0.717) is 24.6 Å². The Morgan fingerprint density at radius 2 is 1.91 bits per heavy atom. The highest BCUT2D eigenvalue weighted by molar-refractivity contribution is 5.95. The minimum atomic E-state index is -0.401. The van der Waals surface area contributed by atoms with Gasteiger partial charge in [0.25, 0.3) is 5.91 Å². The molecule has 4 heteroatoms. The molecular formula is C19H21N2O2+. The number of ether oxygens (including phenoxy) is 1. The Morgan fingerprint density at radius 3 is 2.61 bits per heavy atom. The van der Waals surface area contributed by atoms with Crippen molar-refractivity contribution in [1.29, 1.82) is 0 Å². The number of carbonyl (C=O) groups excluding carboxylic acids is 1. The second kappa shape index (κ2) is 8.62. The van der Waals surface area contributed by atoms with Crippen LogP contribution in [0, 0.1) is 12.3 Å². The number of hydrogen-bond donors (Lipinski definition) is 2. The lowest BCUT2D eigenvalue weighted by Gasteiger charge is -2.16. The minimum absolute atomic E-state index is 0.126. The monoisotopic (exact) mass is 309 g/mol. The molecule has 23 heavy (non-hydrogen) atoms. The summed E-state index contributed by atoms with van der Waals surface area (Å²) < 4.78 is 5.55. The Hall–Kier alpha value is -2.77. The molecule has 4 nitrogen and oxygen atoms in total. The van der Waals surface area contributed by atoms with Gasteiger partial charge in [-0.15, -0.1) is 6.42 Å². The van der Waals surface area contributed by atoms with Gasteiger partial charge in [0.2, 0.25) is 0 Å². The molecule has 0 aliphatic carbocycles. The van der Waals surface area contributed by atoms with E-state index < -0.39 is 6.04 Å². The van der Waals surface area contributed by atoms with Crippen molar-refractivity contribution in [2.75, 3.05) is 18.5 Å². The van der Waals surface area contributed by atoms with Gasteiger partial charge in [-0.25, -0.2) is 0 Å². The van der Waals surface area contributed by atoms with Gasteiger partial charge < -0.3 is 15.4 Å². The zero-order valence-electron chi connectivity index (χ0n) is 13.2. The lowest BCUT2D eigenvalue weighted by atomic mass is 10.1. The lowest BCUT2D eigenvalue weighted by Crippen LogP contribution is -2.87. The third kappa shape index (κ3) is 4.60. The maximum atomic E-state index is 12.7. The SMILES string of the molecule is C#CC[NH2+][C@H](C(=O)Nc1ccccc1OCC)c1ccccc1. The molecule has 0 heterocycles. The first-order valence-electron chi connectivity index (χ1n) is 7.60. The largest absolute Gasteiger partial charge is 0.492 e. The first kappa shape index (κ1) is 16.6. The highest BCUT2D eigenvalue weighted by Crippen LogP contribution is 2.24. The molecule has 2 aromatic rings. The van der Waals surface area contributed by atoms with Crippen LogP contribution in [0.2, 0.25) is 0 Å². The summed E-state index contributed by atoms with van der Waals surface area (Å²) in [6, 6.07) is 16.6. The van der Waals surface area contributed by atoms with Gasteiger partial charge in [-0.3, -0.25) is 4.79 Å². The fourth-order valence-electron chi connectivity index (χ4n) is 2.30. The summed E-state index contributed by atoms with van der Waals surface area (Å²) in [5.41, 5.74) is 1.57. The average molecular weight is 309 g/mol. The van der Waals surface area contributed by atoms with Crippen LogP contribution >= 0.6 is 0 Å². The topological polar surface area (TPSA) is 54.9 Å². The van der Waals surface area contributed by atoms with E-state index in [4.69, 9.17) is 11.2 Å². The van der Waals surface area contributed by atoms with Crippen molar-refractivity contribution in [3.05, 3.63) is 60.2 Å². The maximum Gasteiger partial charge on any atom is 0.287 e. The summed E-state index contributed by atoms with van der Waals surface area (Å²) in [4.78, 5) is 12.7. The van der Waals surface area contributed by atoms with Crippen LogP contribution in [-0.2, 0) is 4.79 Å². The molecule has 1 amide bonds. The van der Waals surface area contributed by atoms with Gasteiger partial charge in [-0.1, -0.05) is 42.5 Å². The number of amides is 1. The highest BCUT2D eigenvalue weighted by atomic mass is 16.5. The van der Waals surface area contributed by atoms with Crippen molar-refractivity contribution in [2.24, 2.45) is 0 Å². The molecule has 1 atom stereocenters. The zero-order valence-corrected chi connectivity index (χ0v) is 13.2. The number of nitrogens with two attached hydrogens (primary N) is 1. The van der Waals surface area contributed by atoms with E-state index in [-0.39, 0.29) is 5.91 Å². The molecule has 0 aliphatic rings. The Morgan fingerprint density at radius 1 is 1.22 bits per heavy atom. The van der Waals surface area contributed by atoms with E-state index in [0.717, 1.165) is 5.56 Å². The van der Waals surface area contributed by atoms with Crippen LogP contribution in [-0.4, -0.2) is 19.1 Å². The van der Waals surface area contributed by atoms with Crippen molar-refractivity contribution in [3.63, 3.8) is 0 Å². The van der Waals surface area contributed by atoms with Crippen LogP contribution in [0.5, 0.6) is 5.75 Å². The number of benzene rings is 2. The fourth-order valence-corrected chi connectivity index (χ4v) is 2.30. The predicted octanol–water partition coefficient (Wildman–Crippen LogP) is 1.96. The van der Waals surface area contributed by atoms with Gasteiger partial charge in [-0.05, 0) is 25.0 Å². The third-order valence-electron chi connectivity index (χ3n) is 3.36. The number of para-hydroxylation sites is 2. The van der Waals surface area contributed by atoms with E-state index in [1.807, 2.05) is 66.8 Å². The van der Waals surface area contributed by atoms with Crippen molar-refractivity contribution >= 4 is 11.6 Å². The van der Waals surface area contributed by atoms with Crippen LogP contribution in [0.3, 0.4) is 0 Å². The van der Waals surface area contributed by atoms with Crippen molar-refractivity contribution in [3.8, 4) is 18.1 Å². The minimum Gasteiger partial charge on any atom is -0.492 e. The van der Waals surface area contributed by atoms with Gasteiger partial charge in [0, 0.05) is 5.56 Å². The normalized spacial score (nSPS) is 11.3. The molecule has 2 rings (SSSR count). The number of nitrogens with one attached hydrogen (secondary N) is 1. The average Bonchev–Trinajstić information content (AvgIpc) is 2.58. The van der Waals surface area contributed by atoms with E-state index >= 15 is 0 Å². The molecule has 3 N–H and O–H groups in total. The maximum absolute atomic E-state index is 12.7. The van der Waals surface area contributed by atoms with Gasteiger partial charge in [-0.2, -0.15) is 0 Å². The number of anilines is 1. The first-order chi connectivity index (χ1) is 11.3. The smallest absolute Gasteiger partial charge is 0.287 e. The summed E-state index contributed by atoms with van der Waals surface area (Å²) in [7, 11) is 0. The number of quaternary nitrogens is 1. The summed E-state index contributed by atoms with van der Waals surface area (Å²) >= 11 is 0. The van der Waals surface area contributed by atoms with Crippen LogP contribution < -0.4 is 15.4 Å². The number of rotatable bonds is 7. The Bertz CT molecular complexity index is 677. The van der Waals surface area contributed by atoms with Gasteiger partial charge in [0.15, 0.2) is 6.04 Å². The van der Waals surface area contributed by atoms with Crippen molar-refractivity contribution < 1.29 is 14.8 Å². The molecule has 0 spiro atoms. The Kier molecular flexibility index (Phi) is 6.22. The molecule has 0 aliphatic heterocycles. The third-order valence-corrected chi connectivity index (χ3v) is 3.36. The van der Waals surface area contributed by atoms with Crippen LogP contribution in [0.4, 0.5) is 5.69 Å². The molecule has 0 bridgehead atoms. The summed E-state index contributed by atoms with van der Waals surface area (Å²) in [6.45, 7) is 2.88. The molecule has 118 valence electrons. The summed E-state index contributed by atoms with van der Waals surface area (Å²) in [5, 5.41) is 4.78. The Labute approximate surface area is 136 Å². The standard InChI is InChI=1S/C19H20N2O2/c1-3-14-20-18(15-10-6-5-7-11-15)19(22)21-16-12-8-9-13-17(16)23-4-2/h1,5-13,18,20H,4,14H2,2H3,(H,21,22)/p+1/t18-/m0/s1. The molecule has 0 unspecified atom stereocenters. The molecule has 0 saturated heterocycles. The highest BCUT2D eigenvalue weighted by Gasteiger charge is 2.24. The van der Waals surface area contributed by atoms with E-state index in [9.17, 15) is 4.79 Å². The molecule has 0 fully saturated rings. The van der Waals surface area contributed by atoms with Gasteiger partial charge >= 0.3 is 0 Å². The van der Waals surface area contributed by atoms with Gasteiger partial charge in [0.05, 0.1) is 12.3 Å². The van der Waals surface area contributed by atoms with E-state index in [1.165, 1.54) is 0 Å². The van der Waals surface area contributed by atoms with Crippen LogP contribution in [0.25, 0.3) is 0 Å². The van der Waals surface area contributed by atoms with Crippen LogP contribution in [0.1, 0.15) is 18.5 Å². The lowest BCUT2D eigenvalue weighted by molar-refractivity contribution is -0.672. The molecule has 2 aromatic carbocycles. The molecule has 0 saturated carbocycles. The first-order valence-corrected chi connectivity index (χ1v) is 7.60. The molecular weight excluding hydrogens is 288 g/mol. The van der Waals surface area contributed by atoms with E-state index in [2.05, 4.69) is 11.2 Å². The molecule has 0 aromatic heterocycles. The van der Waals surface area contributed by atoms with Gasteiger partial charge in [0.1, 0.15) is 12.3 Å². The summed E-state index contributed by atoms with van der Waals surface area (Å²) in [5.74, 6) is 3.09. The van der Waals surface area contributed by atoms with Crippen LogP contribution in [0.15, 0.2) is 54.6 Å². The van der Waals surface area contributed by atoms with Crippen molar-refractivity contribution in [1.82, 2.24) is 0 Å². The van der Waals surface area contributed by atoms with E-state index in [1.54, 1.807) is 0 Å². The number of hydrogen-bond acceptors (Lipinski definition) is 2. The number of carbonyl (C=O) groups is 1. The Balaban J connectivity index is 2.20.